The molecule has 4 heterocycles. The number of hydrogen-bond acceptors (Lipinski definition) is 6. The van der Waals surface area contributed by atoms with Crippen LogP contribution in [0.15, 0.2) is 54.9 Å². The van der Waals surface area contributed by atoms with Crippen LogP contribution in [-0.4, -0.2) is 60.7 Å². The third kappa shape index (κ3) is 3.74. The topological polar surface area (TPSA) is 90.0 Å². The van der Waals surface area contributed by atoms with Gasteiger partial charge in [0.2, 0.25) is 11.8 Å². The molecule has 0 unspecified atom stereocenters. The number of fused-ring (bicyclic) bond motifs is 1. The SMILES string of the molecule is COc1ccc(CCNC(=O)[C@@H]2[C@@H]3C=C[C@@]4(CN(Cc5ccncc5)C(=O)[C@H]24)O3)cc1OC. The molecule has 3 aliphatic heterocycles. The van der Waals surface area contributed by atoms with Crippen LogP contribution in [0.5, 0.6) is 11.5 Å². The van der Waals surface area contributed by atoms with Crippen LogP contribution in [0.3, 0.4) is 0 Å². The molecule has 2 bridgehead atoms. The molecule has 0 radical (unpaired) electrons. The van der Waals surface area contributed by atoms with Crippen molar-refractivity contribution >= 4 is 11.8 Å². The van der Waals surface area contributed by atoms with Gasteiger partial charge in [-0.15, -0.1) is 0 Å². The quantitative estimate of drug-likeness (QED) is 0.618. The maximum absolute atomic E-state index is 13.3. The molecule has 2 saturated heterocycles. The van der Waals surface area contributed by atoms with Gasteiger partial charge in [-0.3, -0.25) is 14.6 Å². The van der Waals surface area contributed by atoms with Gasteiger partial charge in [-0.25, -0.2) is 0 Å². The molecule has 33 heavy (non-hydrogen) atoms. The molecule has 2 amide bonds. The molecule has 1 aromatic heterocycles. The normalized spacial score (nSPS) is 27.0. The summed E-state index contributed by atoms with van der Waals surface area (Å²) >= 11 is 0. The predicted octanol–water partition coefficient (Wildman–Crippen LogP) is 1.74. The van der Waals surface area contributed by atoms with Crippen LogP contribution >= 0.6 is 0 Å². The summed E-state index contributed by atoms with van der Waals surface area (Å²) in [6, 6.07) is 9.49. The zero-order valence-corrected chi connectivity index (χ0v) is 18.7. The van der Waals surface area contributed by atoms with E-state index in [1.54, 1.807) is 31.5 Å². The van der Waals surface area contributed by atoms with Gasteiger partial charge >= 0.3 is 0 Å². The van der Waals surface area contributed by atoms with Crippen molar-refractivity contribution in [2.24, 2.45) is 11.8 Å². The molecule has 5 rings (SSSR count). The number of nitrogens with zero attached hydrogens (tertiary/aromatic N) is 2. The Balaban J connectivity index is 1.24. The Labute approximate surface area is 192 Å². The van der Waals surface area contributed by atoms with Crippen LogP contribution in [0.25, 0.3) is 0 Å². The van der Waals surface area contributed by atoms with E-state index in [9.17, 15) is 9.59 Å². The van der Waals surface area contributed by atoms with Gasteiger partial charge in [0.1, 0.15) is 5.60 Å². The fraction of sp³-hybridized carbons (Fsp3) is 0.400. The highest BCUT2D eigenvalue weighted by molar-refractivity contribution is 5.93. The molecular formula is C25H27N3O5. The Morgan fingerprint density at radius 1 is 1.18 bits per heavy atom. The smallest absolute Gasteiger partial charge is 0.230 e. The van der Waals surface area contributed by atoms with Crippen molar-refractivity contribution in [3.8, 4) is 11.5 Å². The highest BCUT2D eigenvalue weighted by Gasteiger charge is 2.66. The predicted molar refractivity (Wildman–Crippen MR) is 120 cm³/mol. The minimum absolute atomic E-state index is 0.0290. The second kappa shape index (κ2) is 8.51. The minimum atomic E-state index is -0.708. The number of carbonyl (C=O) groups excluding carboxylic acids is 2. The number of rotatable bonds is 8. The molecule has 0 saturated carbocycles. The number of methoxy groups -OCH3 is 2. The van der Waals surface area contributed by atoms with Crippen molar-refractivity contribution in [2.75, 3.05) is 27.3 Å². The third-order valence-electron chi connectivity index (χ3n) is 6.77. The van der Waals surface area contributed by atoms with Crippen molar-refractivity contribution in [2.45, 2.75) is 24.7 Å². The van der Waals surface area contributed by atoms with Gasteiger partial charge in [0.15, 0.2) is 11.5 Å². The number of likely N-dealkylation sites (tertiary alicyclic amines) is 1. The molecule has 1 spiro atoms. The van der Waals surface area contributed by atoms with Crippen molar-refractivity contribution in [3.05, 3.63) is 66.0 Å². The van der Waals surface area contributed by atoms with E-state index in [0.717, 1.165) is 11.1 Å². The number of aromatic nitrogens is 1. The average Bonchev–Trinajstić information content (AvgIpc) is 3.47. The lowest BCUT2D eigenvalue weighted by molar-refractivity contribution is -0.137. The summed E-state index contributed by atoms with van der Waals surface area (Å²) in [6.07, 6.45) is 7.61. The van der Waals surface area contributed by atoms with Gasteiger partial charge in [0.25, 0.3) is 0 Å². The van der Waals surface area contributed by atoms with Crippen LogP contribution in [0.2, 0.25) is 0 Å². The molecule has 8 nitrogen and oxygen atoms in total. The number of amides is 2. The molecule has 1 aromatic carbocycles. The van der Waals surface area contributed by atoms with E-state index >= 15 is 0 Å². The van der Waals surface area contributed by atoms with Crippen LogP contribution in [0, 0.1) is 11.8 Å². The maximum Gasteiger partial charge on any atom is 0.230 e. The van der Waals surface area contributed by atoms with E-state index in [2.05, 4.69) is 10.3 Å². The molecule has 3 aliphatic rings. The van der Waals surface area contributed by atoms with Crippen molar-refractivity contribution < 1.29 is 23.8 Å². The summed E-state index contributed by atoms with van der Waals surface area (Å²) in [6.45, 7) is 1.40. The van der Waals surface area contributed by atoms with E-state index in [1.807, 2.05) is 42.5 Å². The first-order chi connectivity index (χ1) is 16.0. The standard InChI is InChI=1S/C25H27N3O5/c1-31-18-4-3-16(13-20(18)32-2)8-12-27-23(29)21-19-5-9-25(33-19)15-28(24(30)22(21)25)14-17-6-10-26-11-7-17/h3-7,9-11,13,19,21-22H,8,12,14-15H2,1-2H3,(H,27,29)/t19-,21+,22-,25-/m0/s1. The van der Waals surface area contributed by atoms with E-state index in [4.69, 9.17) is 14.2 Å². The summed E-state index contributed by atoms with van der Waals surface area (Å²) < 4.78 is 16.8. The van der Waals surface area contributed by atoms with Crippen LogP contribution in [0.1, 0.15) is 11.1 Å². The Hall–Kier alpha value is -3.39. The van der Waals surface area contributed by atoms with Gasteiger partial charge in [0.05, 0.1) is 38.7 Å². The van der Waals surface area contributed by atoms with E-state index in [-0.39, 0.29) is 17.9 Å². The summed E-state index contributed by atoms with van der Waals surface area (Å²) in [4.78, 5) is 32.3. The third-order valence-corrected chi connectivity index (χ3v) is 6.77. The lowest BCUT2D eigenvalue weighted by Crippen LogP contribution is -2.44. The van der Waals surface area contributed by atoms with Crippen molar-refractivity contribution in [3.63, 3.8) is 0 Å². The molecule has 8 heteroatoms. The van der Waals surface area contributed by atoms with Gasteiger partial charge in [-0.05, 0) is 41.8 Å². The van der Waals surface area contributed by atoms with E-state index in [1.165, 1.54) is 0 Å². The lowest BCUT2D eigenvalue weighted by atomic mass is 9.77. The number of pyridine rings is 1. The average molecular weight is 450 g/mol. The van der Waals surface area contributed by atoms with E-state index in [0.29, 0.717) is 37.6 Å². The monoisotopic (exact) mass is 449 g/mol. The highest BCUT2D eigenvalue weighted by atomic mass is 16.5. The van der Waals surface area contributed by atoms with Crippen molar-refractivity contribution in [1.82, 2.24) is 15.2 Å². The minimum Gasteiger partial charge on any atom is -0.493 e. The molecule has 172 valence electrons. The first-order valence-electron chi connectivity index (χ1n) is 11.1. The Morgan fingerprint density at radius 2 is 1.97 bits per heavy atom. The lowest BCUT2D eigenvalue weighted by Gasteiger charge is -2.23. The van der Waals surface area contributed by atoms with Gasteiger partial charge in [-0.1, -0.05) is 18.2 Å². The fourth-order valence-electron chi connectivity index (χ4n) is 5.20. The molecular weight excluding hydrogens is 422 g/mol. The van der Waals surface area contributed by atoms with Gasteiger partial charge in [0, 0.05) is 25.5 Å². The zero-order chi connectivity index (χ0) is 23.0. The first-order valence-corrected chi connectivity index (χ1v) is 11.1. The highest BCUT2D eigenvalue weighted by Crippen LogP contribution is 2.52. The molecule has 4 atom stereocenters. The summed E-state index contributed by atoms with van der Waals surface area (Å²) in [5, 5.41) is 3.01. The van der Waals surface area contributed by atoms with Crippen LogP contribution in [0.4, 0.5) is 0 Å². The largest absolute Gasteiger partial charge is 0.493 e. The second-order valence-electron chi connectivity index (χ2n) is 8.68. The van der Waals surface area contributed by atoms with Crippen molar-refractivity contribution in [1.29, 1.82) is 0 Å². The summed E-state index contributed by atoms with van der Waals surface area (Å²) in [5.41, 5.74) is 1.32. The molecule has 1 N–H and O–H groups in total. The van der Waals surface area contributed by atoms with Gasteiger partial charge < -0.3 is 24.4 Å². The van der Waals surface area contributed by atoms with Crippen LogP contribution in [-0.2, 0) is 27.3 Å². The van der Waals surface area contributed by atoms with E-state index < -0.39 is 17.4 Å². The number of hydrogen-bond donors (Lipinski definition) is 1. The molecule has 2 fully saturated rings. The number of ether oxygens (including phenoxy) is 3. The Bertz CT molecular complexity index is 1090. The van der Waals surface area contributed by atoms with Gasteiger partial charge in [-0.2, -0.15) is 0 Å². The number of benzene rings is 1. The number of nitrogens with one attached hydrogen (secondary N) is 1. The number of carbonyl (C=O) groups is 2. The molecule has 0 aliphatic carbocycles. The summed E-state index contributed by atoms with van der Waals surface area (Å²) in [5.74, 6) is 0.138. The summed E-state index contributed by atoms with van der Waals surface area (Å²) in [7, 11) is 3.19. The fourth-order valence-corrected chi connectivity index (χ4v) is 5.20. The Kier molecular flexibility index (Phi) is 5.54. The second-order valence-corrected chi connectivity index (χ2v) is 8.68. The Morgan fingerprint density at radius 3 is 2.73 bits per heavy atom. The first kappa shape index (κ1) is 21.5. The molecule has 2 aromatic rings. The maximum atomic E-state index is 13.3. The van der Waals surface area contributed by atoms with Crippen LogP contribution < -0.4 is 14.8 Å². The zero-order valence-electron chi connectivity index (χ0n) is 18.7.